The molecule has 1 atom stereocenters. The first-order chi connectivity index (χ1) is 13.7. The van der Waals surface area contributed by atoms with Gasteiger partial charge in [-0.3, -0.25) is 4.57 Å². The Morgan fingerprint density at radius 1 is 1.24 bits per heavy atom. The molecule has 1 unspecified atom stereocenters. The van der Waals surface area contributed by atoms with Crippen molar-refractivity contribution >= 4 is 36.0 Å². The van der Waals surface area contributed by atoms with E-state index in [9.17, 15) is 13.3 Å². The van der Waals surface area contributed by atoms with Gasteiger partial charge in [0.1, 0.15) is 0 Å². The fraction of sp³-hybridized carbons (Fsp3) is 0.222. The molecule has 0 aliphatic heterocycles. The third-order valence-electron chi connectivity index (χ3n) is 3.83. The highest BCUT2D eigenvalue weighted by molar-refractivity contribution is 7.65. The smallest absolute Gasteiger partial charge is 0.331 e. The van der Waals surface area contributed by atoms with E-state index in [4.69, 9.17) is 27.7 Å². The Kier molecular flexibility index (Phi) is 6.71. The molecular weight excluding hydrogens is 446 g/mol. The molecule has 1 N–H and O–H groups in total. The number of hydrogen-bond acceptors (Lipinski definition) is 5. The maximum atomic E-state index is 13.3. The molecule has 1 aromatic heterocycles. The van der Waals surface area contributed by atoms with E-state index in [1.807, 2.05) is 6.07 Å². The minimum Gasteiger partial charge on any atom is -0.331 e. The fourth-order valence-electron chi connectivity index (χ4n) is 2.50. The number of alkyl halides is 3. The lowest BCUT2D eigenvalue weighted by molar-refractivity contribution is 0.0551. The molecular formula is C18H16Cl2F2N3O3P. The third-order valence-corrected chi connectivity index (χ3v) is 6.40. The van der Waals surface area contributed by atoms with Crippen molar-refractivity contribution in [2.24, 2.45) is 0 Å². The predicted molar refractivity (Wildman–Crippen MR) is 107 cm³/mol. The molecule has 0 bridgehead atoms. The number of rotatable bonds is 8. The van der Waals surface area contributed by atoms with E-state index >= 15 is 0 Å². The number of benzene rings is 2. The van der Waals surface area contributed by atoms with Gasteiger partial charge in [0.15, 0.2) is 0 Å². The second kappa shape index (κ2) is 8.90. The fourth-order valence-corrected chi connectivity index (χ4v) is 4.51. The molecule has 0 aliphatic carbocycles. The van der Waals surface area contributed by atoms with Crippen molar-refractivity contribution in [1.82, 2.24) is 15.2 Å². The van der Waals surface area contributed by atoms with Gasteiger partial charge in [-0.25, -0.2) is 5.09 Å². The molecule has 0 fully saturated rings. The van der Waals surface area contributed by atoms with E-state index in [1.165, 1.54) is 12.1 Å². The Morgan fingerprint density at radius 2 is 1.97 bits per heavy atom. The first-order valence-electron chi connectivity index (χ1n) is 8.47. The van der Waals surface area contributed by atoms with Gasteiger partial charge in [0.2, 0.25) is 5.82 Å². The van der Waals surface area contributed by atoms with Crippen LogP contribution in [0.15, 0.2) is 53.1 Å². The standard InChI is InChI=1S/C18H16Cl2F2N3O3P/c1-2-27-29(26,23-11-12-4-3-5-14(19)10-12)15-8-6-13(7-9-15)16-24-17(28-25-16)18(20,21)22/h3-10H,2,11H2,1H3,(H,23,26). The number of nitrogens with zero attached hydrogens (tertiary/aromatic N) is 2. The van der Waals surface area contributed by atoms with E-state index in [1.54, 1.807) is 37.3 Å². The summed E-state index contributed by atoms with van der Waals surface area (Å²) in [5.41, 5.74) is 1.23. The summed E-state index contributed by atoms with van der Waals surface area (Å²) in [6.45, 7) is 2.23. The van der Waals surface area contributed by atoms with Gasteiger partial charge < -0.3 is 9.05 Å². The second-order valence-corrected chi connectivity index (χ2v) is 9.01. The highest BCUT2D eigenvalue weighted by Gasteiger charge is 2.35. The van der Waals surface area contributed by atoms with Gasteiger partial charge in [-0.15, -0.1) is 0 Å². The zero-order chi connectivity index (χ0) is 21.1. The monoisotopic (exact) mass is 461 g/mol. The summed E-state index contributed by atoms with van der Waals surface area (Å²) >= 11 is 10.9. The normalized spacial score (nSPS) is 14.0. The summed E-state index contributed by atoms with van der Waals surface area (Å²) in [7, 11) is -3.38. The molecule has 29 heavy (non-hydrogen) atoms. The molecule has 0 aliphatic rings. The molecule has 6 nitrogen and oxygen atoms in total. The maximum Gasteiger partial charge on any atom is 0.400 e. The lowest BCUT2D eigenvalue weighted by Crippen LogP contribution is -2.21. The van der Waals surface area contributed by atoms with Gasteiger partial charge in [0, 0.05) is 17.1 Å². The molecule has 3 aromatic rings. The van der Waals surface area contributed by atoms with Crippen molar-refractivity contribution < 1.29 is 22.4 Å². The van der Waals surface area contributed by atoms with Gasteiger partial charge in [-0.05, 0) is 48.4 Å². The largest absolute Gasteiger partial charge is 0.400 e. The molecule has 154 valence electrons. The van der Waals surface area contributed by atoms with E-state index in [0.717, 1.165) is 5.56 Å². The third kappa shape index (κ3) is 5.41. The van der Waals surface area contributed by atoms with Crippen LogP contribution in [0, 0.1) is 0 Å². The highest BCUT2D eigenvalue weighted by Crippen LogP contribution is 2.42. The molecule has 0 amide bonds. The Morgan fingerprint density at radius 3 is 2.55 bits per heavy atom. The zero-order valence-corrected chi connectivity index (χ0v) is 17.5. The zero-order valence-electron chi connectivity index (χ0n) is 15.1. The van der Waals surface area contributed by atoms with Gasteiger partial charge >= 0.3 is 11.3 Å². The first kappa shape index (κ1) is 21.9. The average molecular weight is 462 g/mol. The van der Waals surface area contributed by atoms with Crippen LogP contribution in [0.5, 0.6) is 0 Å². The van der Waals surface area contributed by atoms with Crippen LogP contribution in [0.2, 0.25) is 5.02 Å². The van der Waals surface area contributed by atoms with E-state index in [-0.39, 0.29) is 19.0 Å². The Hall–Kier alpha value is -1.83. The van der Waals surface area contributed by atoms with Crippen molar-refractivity contribution in [3.8, 4) is 11.4 Å². The van der Waals surface area contributed by atoms with Crippen molar-refractivity contribution in [1.29, 1.82) is 0 Å². The minimum absolute atomic E-state index is 0.0648. The molecule has 0 saturated heterocycles. The van der Waals surface area contributed by atoms with Crippen molar-refractivity contribution in [3.63, 3.8) is 0 Å². The van der Waals surface area contributed by atoms with Crippen LogP contribution in [0.4, 0.5) is 8.78 Å². The molecule has 3 rings (SSSR count). The summed E-state index contributed by atoms with van der Waals surface area (Å²) in [4.78, 5) is 3.58. The molecule has 0 spiro atoms. The average Bonchev–Trinajstić information content (AvgIpc) is 3.18. The minimum atomic E-state index is -3.75. The van der Waals surface area contributed by atoms with Gasteiger partial charge in [-0.1, -0.05) is 41.0 Å². The Bertz CT molecular complexity index is 1030. The van der Waals surface area contributed by atoms with Crippen molar-refractivity contribution in [3.05, 3.63) is 65.0 Å². The molecule has 0 saturated carbocycles. The molecule has 0 radical (unpaired) electrons. The van der Waals surface area contributed by atoms with Gasteiger partial charge in [-0.2, -0.15) is 13.8 Å². The van der Waals surface area contributed by atoms with Crippen LogP contribution in [-0.4, -0.2) is 16.7 Å². The van der Waals surface area contributed by atoms with Crippen LogP contribution in [0.1, 0.15) is 18.4 Å². The second-order valence-electron chi connectivity index (χ2n) is 5.90. The van der Waals surface area contributed by atoms with Crippen molar-refractivity contribution in [2.75, 3.05) is 6.61 Å². The summed E-state index contributed by atoms with van der Waals surface area (Å²) in [6, 6.07) is 13.3. The first-order valence-corrected chi connectivity index (χ1v) is 10.9. The van der Waals surface area contributed by atoms with Gasteiger partial charge in [0.25, 0.3) is 7.52 Å². The Balaban J connectivity index is 1.80. The van der Waals surface area contributed by atoms with Crippen LogP contribution in [-0.2, 0) is 21.0 Å². The summed E-state index contributed by atoms with van der Waals surface area (Å²) in [6.07, 6.45) is 0. The molecule has 1 heterocycles. The number of halogens is 4. The summed E-state index contributed by atoms with van der Waals surface area (Å²) in [5, 5.41) is 3.66. The summed E-state index contributed by atoms with van der Waals surface area (Å²) < 4.78 is 49.4. The van der Waals surface area contributed by atoms with Crippen molar-refractivity contribution in [2.45, 2.75) is 18.9 Å². The lowest BCUT2D eigenvalue weighted by Gasteiger charge is -2.19. The van der Waals surface area contributed by atoms with Gasteiger partial charge in [0.05, 0.1) is 11.9 Å². The number of hydrogen-bond donors (Lipinski definition) is 1. The topological polar surface area (TPSA) is 77.2 Å². The summed E-state index contributed by atoms with van der Waals surface area (Å²) in [5.74, 6) is -1.06. The number of aromatic nitrogens is 2. The van der Waals surface area contributed by atoms with E-state index < -0.39 is 18.8 Å². The van der Waals surface area contributed by atoms with Crippen LogP contribution in [0.3, 0.4) is 0 Å². The van der Waals surface area contributed by atoms with E-state index in [2.05, 4.69) is 19.8 Å². The van der Waals surface area contributed by atoms with E-state index in [0.29, 0.717) is 15.9 Å². The Labute approximate surface area is 175 Å². The van der Waals surface area contributed by atoms with Crippen LogP contribution < -0.4 is 10.4 Å². The quantitative estimate of drug-likeness (QED) is 0.361. The van der Waals surface area contributed by atoms with Crippen LogP contribution in [0.25, 0.3) is 11.4 Å². The van der Waals surface area contributed by atoms with Crippen LogP contribution >= 0.6 is 30.7 Å². The maximum absolute atomic E-state index is 13.3. The molecule has 2 aromatic carbocycles. The lowest BCUT2D eigenvalue weighted by atomic mass is 10.2. The highest BCUT2D eigenvalue weighted by atomic mass is 35.5. The SMILES string of the molecule is CCOP(=O)(NCc1cccc(Cl)c1)c1ccc(-c2noc(C(F)(F)Cl)n2)cc1. The molecule has 11 heteroatoms. The number of nitrogens with one attached hydrogen (secondary N) is 1. The predicted octanol–water partition coefficient (Wildman–Crippen LogP) is 5.32.